The number of ether oxygens (including phenoxy) is 1. The average Bonchev–Trinajstić information content (AvgIpc) is 2.55. The molecule has 4 heteroatoms. The molecule has 0 amide bonds. The summed E-state index contributed by atoms with van der Waals surface area (Å²) in [5.41, 5.74) is 2.47. The summed E-state index contributed by atoms with van der Waals surface area (Å²) in [5.74, 6) is 0.542. The molecule has 0 atom stereocenters. The highest BCUT2D eigenvalue weighted by Gasteiger charge is 2.33. The highest BCUT2D eigenvalue weighted by atomic mass is 16.5. The lowest BCUT2D eigenvalue weighted by Gasteiger charge is -2.37. The van der Waals surface area contributed by atoms with Crippen molar-refractivity contribution in [2.75, 3.05) is 13.1 Å². The van der Waals surface area contributed by atoms with E-state index in [4.69, 9.17) is 0 Å². The number of carbonyl (C=O) groups is 2. The lowest BCUT2D eigenvalue weighted by atomic mass is 9.70. The monoisotopic (exact) mass is 347 g/mol. The minimum atomic E-state index is -0.318. The number of nitrogens with one attached hydrogen (secondary N) is 1. The largest absolute Gasteiger partial charge is 0.462 e. The van der Waals surface area contributed by atoms with Gasteiger partial charge in [-0.25, -0.2) is 0 Å². The quantitative estimate of drug-likeness (QED) is 0.819. The summed E-state index contributed by atoms with van der Waals surface area (Å²) >= 11 is 0. The third-order valence-corrected chi connectivity index (χ3v) is 4.60. The van der Waals surface area contributed by atoms with Gasteiger partial charge in [0.2, 0.25) is 0 Å². The number of hydrogen-bond acceptors (Lipinski definition) is 4. The van der Waals surface area contributed by atoms with Crippen LogP contribution < -0.4 is 5.32 Å². The van der Waals surface area contributed by atoms with Crippen molar-refractivity contribution in [3.8, 4) is 0 Å². The van der Waals surface area contributed by atoms with Crippen LogP contribution in [0.15, 0.2) is 24.3 Å². The Morgan fingerprint density at radius 2 is 1.84 bits per heavy atom. The molecular formula is C21H33NO3. The SMILES string of the molecule is CC(C)(C)OC=O.CC(C)c1cccc(C2(CC=O)CCNCC2)c1. The second-order valence-corrected chi connectivity index (χ2v) is 8.01. The van der Waals surface area contributed by atoms with Crippen LogP contribution in [0, 0.1) is 0 Å². The van der Waals surface area contributed by atoms with Gasteiger partial charge in [-0.15, -0.1) is 0 Å². The molecular weight excluding hydrogens is 314 g/mol. The molecule has 0 aromatic heterocycles. The number of benzene rings is 1. The molecule has 4 nitrogen and oxygen atoms in total. The topological polar surface area (TPSA) is 55.4 Å². The summed E-state index contributed by atoms with van der Waals surface area (Å²) in [5, 5.41) is 3.39. The van der Waals surface area contributed by atoms with Crippen molar-refractivity contribution in [3.05, 3.63) is 35.4 Å². The molecule has 1 aliphatic rings. The van der Waals surface area contributed by atoms with Gasteiger partial charge in [0.05, 0.1) is 0 Å². The molecule has 1 aromatic rings. The fourth-order valence-corrected chi connectivity index (χ4v) is 3.05. The van der Waals surface area contributed by atoms with Crippen molar-refractivity contribution < 1.29 is 14.3 Å². The van der Waals surface area contributed by atoms with E-state index in [9.17, 15) is 9.59 Å². The molecule has 1 aromatic carbocycles. The van der Waals surface area contributed by atoms with Gasteiger partial charge < -0.3 is 14.8 Å². The molecule has 0 unspecified atom stereocenters. The Kier molecular flexibility index (Phi) is 8.30. The Balaban J connectivity index is 0.000000381. The molecule has 0 spiro atoms. The zero-order valence-corrected chi connectivity index (χ0v) is 16.3. The van der Waals surface area contributed by atoms with Crippen molar-refractivity contribution in [1.29, 1.82) is 0 Å². The average molecular weight is 347 g/mol. The molecule has 140 valence electrons. The predicted octanol–water partition coefficient (Wildman–Crippen LogP) is 3.98. The van der Waals surface area contributed by atoms with Gasteiger partial charge in [-0.3, -0.25) is 4.79 Å². The van der Waals surface area contributed by atoms with Crippen LogP contribution in [-0.2, 0) is 19.7 Å². The molecule has 0 aliphatic carbocycles. The summed E-state index contributed by atoms with van der Waals surface area (Å²) in [7, 11) is 0. The van der Waals surface area contributed by atoms with E-state index in [-0.39, 0.29) is 11.0 Å². The van der Waals surface area contributed by atoms with Gasteiger partial charge in [0.1, 0.15) is 11.9 Å². The van der Waals surface area contributed by atoms with Crippen molar-refractivity contribution in [2.45, 2.75) is 70.8 Å². The van der Waals surface area contributed by atoms with E-state index in [1.807, 2.05) is 20.8 Å². The Labute approximate surface area is 152 Å². The fourth-order valence-electron chi connectivity index (χ4n) is 3.05. The maximum atomic E-state index is 11.0. The molecule has 0 saturated carbocycles. The Morgan fingerprint density at radius 1 is 1.20 bits per heavy atom. The number of aldehydes is 1. The molecule has 25 heavy (non-hydrogen) atoms. The second kappa shape index (κ2) is 9.71. The first kappa shape index (κ1) is 21.4. The van der Waals surface area contributed by atoms with Crippen LogP contribution in [0.25, 0.3) is 0 Å². The van der Waals surface area contributed by atoms with E-state index < -0.39 is 0 Å². The first-order valence-electron chi connectivity index (χ1n) is 9.10. The number of rotatable bonds is 5. The van der Waals surface area contributed by atoms with Gasteiger partial charge >= 0.3 is 0 Å². The number of piperidine rings is 1. The zero-order chi connectivity index (χ0) is 18.9. The maximum absolute atomic E-state index is 11.0. The Bertz CT molecular complexity index is 540. The van der Waals surface area contributed by atoms with Crippen LogP contribution in [-0.4, -0.2) is 31.4 Å². The fraction of sp³-hybridized carbons (Fsp3) is 0.619. The van der Waals surface area contributed by atoms with Gasteiger partial charge in [0.15, 0.2) is 0 Å². The molecule has 0 bridgehead atoms. The first-order valence-corrected chi connectivity index (χ1v) is 9.10. The van der Waals surface area contributed by atoms with Crippen molar-refractivity contribution >= 4 is 12.8 Å². The maximum Gasteiger partial charge on any atom is 0.293 e. The smallest absolute Gasteiger partial charge is 0.293 e. The number of carbonyl (C=O) groups excluding carboxylic acids is 2. The van der Waals surface area contributed by atoms with E-state index in [0.29, 0.717) is 18.8 Å². The highest BCUT2D eigenvalue weighted by Crippen LogP contribution is 2.37. The molecule has 1 heterocycles. The Morgan fingerprint density at radius 3 is 2.28 bits per heavy atom. The van der Waals surface area contributed by atoms with Gasteiger partial charge in [0, 0.05) is 11.8 Å². The summed E-state index contributed by atoms with van der Waals surface area (Å²) in [4.78, 5) is 20.6. The number of hydrogen-bond donors (Lipinski definition) is 1. The molecule has 1 N–H and O–H groups in total. The molecule has 1 fully saturated rings. The van der Waals surface area contributed by atoms with Crippen LogP contribution in [0.1, 0.15) is 70.9 Å². The van der Waals surface area contributed by atoms with Gasteiger partial charge in [0.25, 0.3) is 6.47 Å². The zero-order valence-electron chi connectivity index (χ0n) is 16.3. The highest BCUT2D eigenvalue weighted by molar-refractivity contribution is 5.54. The molecule has 2 rings (SSSR count). The van der Waals surface area contributed by atoms with Crippen LogP contribution in [0.5, 0.6) is 0 Å². The van der Waals surface area contributed by atoms with Crippen LogP contribution in [0.4, 0.5) is 0 Å². The van der Waals surface area contributed by atoms with E-state index in [1.54, 1.807) is 0 Å². The van der Waals surface area contributed by atoms with Gasteiger partial charge in [-0.2, -0.15) is 0 Å². The second-order valence-electron chi connectivity index (χ2n) is 8.01. The normalized spacial score (nSPS) is 16.6. The third-order valence-electron chi connectivity index (χ3n) is 4.60. The summed E-state index contributed by atoms with van der Waals surface area (Å²) in [6.07, 6.45) is 3.87. The van der Waals surface area contributed by atoms with Gasteiger partial charge in [-0.1, -0.05) is 38.1 Å². The molecule has 0 radical (unpaired) electrons. The standard InChI is InChI=1S/C16H23NO.C5H10O2/c1-13(2)14-4-3-5-15(12-14)16(8-11-18)6-9-17-10-7-16;1-5(2,3)7-4-6/h3-5,11-13,17H,6-10H2,1-2H3;4H,1-3H3. The summed E-state index contributed by atoms with van der Waals surface area (Å²) < 4.78 is 4.55. The lowest BCUT2D eigenvalue weighted by molar-refractivity contribution is -0.138. The van der Waals surface area contributed by atoms with Crippen molar-refractivity contribution in [3.63, 3.8) is 0 Å². The van der Waals surface area contributed by atoms with E-state index in [1.165, 1.54) is 11.1 Å². The minimum Gasteiger partial charge on any atom is -0.462 e. The molecule has 1 aliphatic heterocycles. The summed E-state index contributed by atoms with van der Waals surface area (Å²) in [6.45, 7) is 12.4. The van der Waals surface area contributed by atoms with Crippen molar-refractivity contribution in [2.24, 2.45) is 0 Å². The van der Waals surface area contributed by atoms with Crippen LogP contribution in [0.2, 0.25) is 0 Å². The van der Waals surface area contributed by atoms with Gasteiger partial charge in [-0.05, 0) is 63.7 Å². The van der Waals surface area contributed by atoms with E-state index in [0.717, 1.165) is 32.2 Å². The minimum absolute atomic E-state index is 0.0674. The van der Waals surface area contributed by atoms with E-state index >= 15 is 0 Å². The molecule has 1 saturated heterocycles. The third kappa shape index (κ3) is 6.99. The first-order chi connectivity index (χ1) is 11.7. The van der Waals surface area contributed by atoms with Crippen LogP contribution in [0.3, 0.4) is 0 Å². The van der Waals surface area contributed by atoms with Crippen molar-refractivity contribution in [1.82, 2.24) is 5.32 Å². The predicted molar refractivity (Wildman–Crippen MR) is 102 cm³/mol. The van der Waals surface area contributed by atoms with E-state index in [2.05, 4.69) is 48.2 Å². The van der Waals surface area contributed by atoms with Crippen LogP contribution >= 0.6 is 0 Å². The lowest BCUT2D eigenvalue weighted by Crippen LogP contribution is -2.40. The summed E-state index contributed by atoms with van der Waals surface area (Å²) in [6, 6.07) is 8.82. The Hall–Kier alpha value is -1.68.